The molecule has 8 heteroatoms. The maximum atomic E-state index is 13.5. The minimum Gasteiger partial charge on any atom is -0.336 e. The van der Waals surface area contributed by atoms with Crippen LogP contribution in [-0.2, 0) is 10.0 Å². The topological polar surface area (TPSA) is 78.0 Å². The molecule has 3 aromatic rings. The highest BCUT2D eigenvalue weighted by atomic mass is 32.2. The SMILES string of the molecule is Cc1ccc(S(=O)(=O)N2CCN(C(=O)c3ccccc3)CCN(C(=O)c3ccccc3)CC2)cc1. The van der Waals surface area contributed by atoms with Crippen LogP contribution in [0.5, 0.6) is 0 Å². The summed E-state index contributed by atoms with van der Waals surface area (Å²) in [5.41, 5.74) is 2.02. The Hall–Kier alpha value is -3.49. The van der Waals surface area contributed by atoms with Gasteiger partial charge in [0.1, 0.15) is 0 Å². The summed E-state index contributed by atoms with van der Waals surface area (Å²) in [6, 6.07) is 24.5. The zero-order valence-electron chi connectivity index (χ0n) is 19.7. The maximum Gasteiger partial charge on any atom is 0.253 e. The van der Waals surface area contributed by atoms with Gasteiger partial charge in [-0.25, -0.2) is 8.42 Å². The van der Waals surface area contributed by atoms with Crippen LogP contribution in [0, 0.1) is 6.92 Å². The number of sulfonamides is 1. The number of nitrogens with zero attached hydrogens (tertiary/aromatic N) is 3. The Morgan fingerprint density at radius 1 is 0.600 bits per heavy atom. The summed E-state index contributed by atoms with van der Waals surface area (Å²) in [5, 5.41) is 0. The van der Waals surface area contributed by atoms with Crippen LogP contribution in [-0.4, -0.2) is 73.6 Å². The van der Waals surface area contributed by atoms with Crippen LogP contribution in [0.25, 0.3) is 0 Å². The fourth-order valence-electron chi connectivity index (χ4n) is 4.07. The number of amides is 2. The van der Waals surface area contributed by atoms with Crippen molar-refractivity contribution in [1.29, 1.82) is 0 Å². The molecule has 0 N–H and O–H groups in total. The van der Waals surface area contributed by atoms with E-state index >= 15 is 0 Å². The maximum absolute atomic E-state index is 13.5. The first-order valence-corrected chi connectivity index (χ1v) is 13.1. The van der Waals surface area contributed by atoms with E-state index in [4.69, 9.17) is 0 Å². The van der Waals surface area contributed by atoms with Gasteiger partial charge in [0.25, 0.3) is 11.8 Å². The third kappa shape index (κ3) is 5.78. The lowest BCUT2D eigenvalue weighted by Gasteiger charge is -2.26. The van der Waals surface area contributed by atoms with Gasteiger partial charge < -0.3 is 9.80 Å². The molecule has 1 aliphatic rings. The minimum absolute atomic E-state index is 0.141. The standard InChI is InChI=1S/C27H29N3O4S/c1-22-12-14-25(15-13-22)35(33,34)30-20-18-28(26(31)23-8-4-2-5-9-23)16-17-29(19-21-30)27(32)24-10-6-3-7-11-24/h2-15H,16-21H2,1H3. The molecule has 4 rings (SSSR count). The summed E-state index contributed by atoms with van der Waals surface area (Å²) >= 11 is 0. The lowest BCUT2D eigenvalue weighted by atomic mass is 10.2. The Bertz CT molecular complexity index is 1200. The van der Waals surface area contributed by atoms with Gasteiger partial charge in [-0.15, -0.1) is 0 Å². The van der Waals surface area contributed by atoms with Crippen LogP contribution >= 0.6 is 0 Å². The first-order valence-electron chi connectivity index (χ1n) is 11.6. The smallest absolute Gasteiger partial charge is 0.253 e. The molecule has 1 saturated heterocycles. The monoisotopic (exact) mass is 491 g/mol. The van der Waals surface area contributed by atoms with Gasteiger partial charge in [0.05, 0.1) is 4.90 Å². The molecule has 0 radical (unpaired) electrons. The van der Waals surface area contributed by atoms with E-state index < -0.39 is 10.0 Å². The first kappa shape index (κ1) is 24.6. The van der Waals surface area contributed by atoms with E-state index in [2.05, 4.69) is 0 Å². The largest absolute Gasteiger partial charge is 0.336 e. The summed E-state index contributed by atoms with van der Waals surface area (Å²) in [4.78, 5) is 29.9. The van der Waals surface area contributed by atoms with Gasteiger partial charge in [-0.05, 0) is 43.3 Å². The van der Waals surface area contributed by atoms with Gasteiger partial charge in [0.15, 0.2) is 0 Å². The lowest BCUT2D eigenvalue weighted by Crippen LogP contribution is -2.41. The second-order valence-electron chi connectivity index (χ2n) is 8.53. The highest BCUT2D eigenvalue weighted by Gasteiger charge is 2.29. The van der Waals surface area contributed by atoms with Crippen molar-refractivity contribution in [3.05, 3.63) is 102 Å². The Morgan fingerprint density at radius 3 is 1.43 bits per heavy atom. The van der Waals surface area contributed by atoms with Crippen molar-refractivity contribution in [2.45, 2.75) is 11.8 Å². The molecule has 0 aliphatic carbocycles. The van der Waals surface area contributed by atoms with Gasteiger partial charge >= 0.3 is 0 Å². The third-order valence-electron chi connectivity index (χ3n) is 6.15. The minimum atomic E-state index is -3.80. The predicted octanol–water partition coefficient (Wildman–Crippen LogP) is 3.28. The zero-order valence-corrected chi connectivity index (χ0v) is 20.5. The quantitative estimate of drug-likeness (QED) is 0.561. The average Bonchev–Trinajstić information content (AvgIpc) is 3.00. The van der Waals surface area contributed by atoms with Crippen molar-refractivity contribution in [2.75, 3.05) is 39.3 Å². The fourth-order valence-corrected chi connectivity index (χ4v) is 5.50. The van der Waals surface area contributed by atoms with Crippen molar-refractivity contribution in [3.63, 3.8) is 0 Å². The molecule has 0 spiro atoms. The highest BCUT2D eigenvalue weighted by molar-refractivity contribution is 7.89. The van der Waals surface area contributed by atoms with Crippen molar-refractivity contribution in [1.82, 2.24) is 14.1 Å². The number of carbonyl (C=O) groups is 2. The second-order valence-corrected chi connectivity index (χ2v) is 10.5. The number of hydrogen-bond acceptors (Lipinski definition) is 4. The molecule has 1 aliphatic heterocycles. The normalized spacial score (nSPS) is 15.7. The van der Waals surface area contributed by atoms with E-state index in [1.807, 2.05) is 19.1 Å². The molecule has 35 heavy (non-hydrogen) atoms. The van der Waals surface area contributed by atoms with Gasteiger partial charge in [-0.3, -0.25) is 9.59 Å². The van der Waals surface area contributed by atoms with E-state index in [1.165, 1.54) is 4.31 Å². The summed E-state index contributed by atoms with van der Waals surface area (Å²) in [7, 11) is -3.80. The van der Waals surface area contributed by atoms with Crippen LogP contribution in [0.15, 0.2) is 89.8 Å². The van der Waals surface area contributed by atoms with E-state index in [0.717, 1.165) is 5.56 Å². The Kier molecular flexibility index (Phi) is 7.63. The number of aryl methyl sites for hydroxylation is 1. The van der Waals surface area contributed by atoms with Crippen LogP contribution in [0.4, 0.5) is 0 Å². The Balaban J connectivity index is 1.64. The first-order chi connectivity index (χ1) is 16.9. The second kappa shape index (κ2) is 10.8. The zero-order chi connectivity index (χ0) is 24.8. The predicted molar refractivity (Wildman–Crippen MR) is 135 cm³/mol. The van der Waals surface area contributed by atoms with Crippen LogP contribution in [0.1, 0.15) is 26.3 Å². The summed E-state index contributed by atoms with van der Waals surface area (Å²) in [6.07, 6.45) is 0. The van der Waals surface area contributed by atoms with Gasteiger partial charge in [0, 0.05) is 50.4 Å². The molecular weight excluding hydrogens is 462 g/mol. The fraction of sp³-hybridized carbons (Fsp3) is 0.259. The highest BCUT2D eigenvalue weighted by Crippen LogP contribution is 2.18. The summed E-state index contributed by atoms with van der Waals surface area (Å²) < 4.78 is 28.4. The van der Waals surface area contributed by atoms with Crippen molar-refractivity contribution < 1.29 is 18.0 Å². The number of rotatable bonds is 4. The molecule has 3 aromatic carbocycles. The summed E-state index contributed by atoms with van der Waals surface area (Å²) in [5.74, 6) is -0.375. The van der Waals surface area contributed by atoms with Crippen LogP contribution < -0.4 is 0 Å². The van der Waals surface area contributed by atoms with E-state index in [9.17, 15) is 18.0 Å². The molecular formula is C27H29N3O4S. The van der Waals surface area contributed by atoms with Crippen molar-refractivity contribution in [3.8, 4) is 0 Å². The van der Waals surface area contributed by atoms with E-state index in [0.29, 0.717) is 24.2 Å². The molecule has 0 saturated carbocycles. The molecule has 0 aromatic heterocycles. The van der Waals surface area contributed by atoms with E-state index in [1.54, 1.807) is 82.6 Å². The Morgan fingerprint density at radius 2 is 1.00 bits per heavy atom. The molecule has 0 atom stereocenters. The van der Waals surface area contributed by atoms with Crippen molar-refractivity contribution in [2.24, 2.45) is 0 Å². The number of carbonyl (C=O) groups excluding carboxylic acids is 2. The molecule has 7 nitrogen and oxygen atoms in total. The average molecular weight is 492 g/mol. The molecule has 2 amide bonds. The van der Waals surface area contributed by atoms with Crippen molar-refractivity contribution >= 4 is 21.8 Å². The van der Waals surface area contributed by atoms with Gasteiger partial charge in [0.2, 0.25) is 10.0 Å². The van der Waals surface area contributed by atoms with Gasteiger partial charge in [-0.1, -0.05) is 54.1 Å². The molecule has 0 unspecified atom stereocenters. The molecule has 1 fully saturated rings. The van der Waals surface area contributed by atoms with Gasteiger partial charge in [-0.2, -0.15) is 4.31 Å². The Labute approximate surface area is 206 Å². The molecule has 0 bridgehead atoms. The lowest BCUT2D eigenvalue weighted by molar-refractivity contribution is 0.0679. The molecule has 182 valence electrons. The third-order valence-corrected chi connectivity index (χ3v) is 8.07. The number of benzene rings is 3. The number of hydrogen-bond donors (Lipinski definition) is 0. The summed E-state index contributed by atoms with van der Waals surface area (Å²) in [6.45, 7) is 3.26. The van der Waals surface area contributed by atoms with Crippen LogP contribution in [0.3, 0.4) is 0 Å². The van der Waals surface area contributed by atoms with E-state index in [-0.39, 0.29) is 42.9 Å². The van der Waals surface area contributed by atoms with Crippen LogP contribution in [0.2, 0.25) is 0 Å². The molecule has 1 heterocycles.